The second-order valence-corrected chi connectivity index (χ2v) is 4.76. The zero-order valence-corrected chi connectivity index (χ0v) is 9.63. The first-order valence-electron chi connectivity index (χ1n) is 6.11. The van der Waals surface area contributed by atoms with Crippen molar-refractivity contribution < 1.29 is 5.11 Å². The summed E-state index contributed by atoms with van der Waals surface area (Å²) in [6, 6.07) is 10.8. The number of fused-ring (bicyclic) bond motifs is 1. The van der Waals surface area contributed by atoms with Gasteiger partial charge in [0.05, 0.1) is 18.2 Å². The standard InChI is InChI=1S/C13H17N3O/c17-10-6-11-12(7-10)16-13(15-11)14-8-9-4-2-1-3-5-9/h1-5,10-12,17H,6-8H2,(H2,14,15,16)/t10?,11-,12+. The maximum absolute atomic E-state index is 9.50. The molecule has 1 saturated carbocycles. The summed E-state index contributed by atoms with van der Waals surface area (Å²) >= 11 is 0. The number of benzene rings is 1. The molecule has 0 bridgehead atoms. The normalized spacial score (nSPS) is 30.6. The maximum atomic E-state index is 9.50. The van der Waals surface area contributed by atoms with Crippen molar-refractivity contribution in [3.63, 3.8) is 0 Å². The van der Waals surface area contributed by atoms with Crippen molar-refractivity contribution in [2.45, 2.75) is 37.6 Å². The lowest BCUT2D eigenvalue weighted by Gasteiger charge is -2.11. The van der Waals surface area contributed by atoms with E-state index in [0.717, 1.165) is 25.3 Å². The third-order valence-electron chi connectivity index (χ3n) is 3.42. The van der Waals surface area contributed by atoms with Gasteiger partial charge in [-0.3, -0.25) is 0 Å². The molecule has 0 radical (unpaired) electrons. The molecule has 4 heteroatoms. The predicted octanol–water partition coefficient (Wildman–Crippen LogP) is 0.627. The zero-order chi connectivity index (χ0) is 11.7. The Labute approximate surface area is 101 Å². The molecule has 1 aromatic carbocycles. The zero-order valence-electron chi connectivity index (χ0n) is 9.63. The number of aliphatic hydroxyl groups excluding tert-OH is 1. The summed E-state index contributed by atoms with van der Waals surface area (Å²) in [5, 5.41) is 16.1. The summed E-state index contributed by atoms with van der Waals surface area (Å²) in [6.07, 6.45) is 1.41. The first-order chi connectivity index (χ1) is 8.31. The topological polar surface area (TPSA) is 56.6 Å². The predicted molar refractivity (Wildman–Crippen MR) is 66.7 cm³/mol. The number of hydrogen-bond donors (Lipinski definition) is 3. The molecule has 0 spiro atoms. The Balaban J connectivity index is 1.56. The minimum atomic E-state index is -0.183. The number of aliphatic imine (C=N–C) groups is 1. The third kappa shape index (κ3) is 2.26. The lowest BCUT2D eigenvalue weighted by Crippen LogP contribution is -2.39. The molecule has 1 aliphatic carbocycles. The highest BCUT2D eigenvalue weighted by molar-refractivity contribution is 5.82. The van der Waals surface area contributed by atoms with Gasteiger partial charge in [0.2, 0.25) is 0 Å². The molecule has 0 saturated heterocycles. The van der Waals surface area contributed by atoms with E-state index in [1.54, 1.807) is 0 Å². The molecule has 1 unspecified atom stereocenters. The fraction of sp³-hybridized carbons (Fsp3) is 0.462. The number of nitrogens with one attached hydrogen (secondary N) is 2. The van der Waals surface area contributed by atoms with Crippen molar-refractivity contribution in [1.82, 2.24) is 10.6 Å². The van der Waals surface area contributed by atoms with Gasteiger partial charge in [-0.2, -0.15) is 0 Å². The van der Waals surface area contributed by atoms with Crippen LogP contribution in [0, 0.1) is 0 Å². The van der Waals surface area contributed by atoms with Crippen LogP contribution in [0.1, 0.15) is 18.4 Å². The largest absolute Gasteiger partial charge is 0.393 e. The monoisotopic (exact) mass is 231 g/mol. The fourth-order valence-electron chi connectivity index (χ4n) is 2.54. The third-order valence-corrected chi connectivity index (χ3v) is 3.42. The average Bonchev–Trinajstić information content (AvgIpc) is 2.84. The molecule has 17 heavy (non-hydrogen) atoms. The van der Waals surface area contributed by atoms with Gasteiger partial charge in [-0.25, -0.2) is 4.99 Å². The van der Waals surface area contributed by atoms with E-state index >= 15 is 0 Å². The van der Waals surface area contributed by atoms with Crippen LogP contribution >= 0.6 is 0 Å². The van der Waals surface area contributed by atoms with E-state index in [2.05, 4.69) is 27.8 Å². The minimum Gasteiger partial charge on any atom is -0.393 e. The Morgan fingerprint density at radius 3 is 2.88 bits per heavy atom. The van der Waals surface area contributed by atoms with E-state index in [1.807, 2.05) is 18.2 Å². The highest BCUT2D eigenvalue weighted by Crippen LogP contribution is 2.25. The molecule has 0 amide bonds. The van der Waals surface area contributed by atoms with Gasteiger partial charge in [0, 0.05) is 6.54 Å². The van der Waals surface area contributed by atoms with Crippen molar-refractivity contribution in [3.8, 4) is 0 Å². The summed E-state index contributed by atoms with van der Waals surface area (Å²) < 4.78 is 0. The van der Waals surface area contributed by atoms with Crippen molar-refractivity contribution >= 4 is 5.96 Å². The molecule has 1 aliphatic heterocycles. The molecule has 0 aromatic heterocycles. The molecule has 1 fully saturated rings. The van der Waals surface area contributed by atoms with E-state index < -0.39 is 0 Å². The van der Waals surface area contributed by atoms with E-state index in [-0.39, 0.29) is 12.1 Å². The van der Waals surface area contributed by atoms with Crippen molar-refractivity contribution in [1.29, 1.82) is 0 Å². The molecule has 3 rings (SSSR count). The number of rotatable bonds is 2. The van der Waals surface area contributed by atoms with Crippen LogP contribution in [0.5, 0.6) is 0 Å². The Morgan fingerprint density at radius 1 is 1.29 bits per heavy atom. The van der Waals surface area contributed by atoms with Crippen LogP contribution in [0.15, 0.2) is 35.3 Å². The fourth-order valence-corrected chi connectivity index (χ4v) is 2.54. The van der Waals surface area contributed by atoms with Crippen LogP contribution in [0.4, 0.5) is 0 Å². The van der Waals surface area contributed by atoms with Gasteiger partial charge in [0.25, 0.3) is 0 Å². The minimum absolute atomic E-state index is 0.183. The highest BCUT2D eigenvalue weighted by Gasteiger charge is 2.37. The van der Waals surface area contributed by atoms with E-state index in [4.69, 9.17) is 0 Å². The van der Waals surface area contributed by atoms with Crippen molar-refractivity contribution in [3.05, 3.63) is 35.9 Å². The smallest absolute Gasteiger partial charge is 0.192 e. The number of guanidine groups is 1. The Morgan fingerprint density at radius 2 is 2.12 bits per heavy atom. The van der Waals surface area contributed by atoms with Crippen LogP contribution < -0.4 is 10.6 Å². The molecule has 1 heterocycles. The summed E-state index contributed by atoms with van der Waals surface area (Å²) in [5.41, 5.74) is 1.24. The van der Waals surface area contributed by atoms with Crippen LogP contribution in [-0.2, 0) is 6.54 Å². The number of nitrogens with zero attached hydrogens (tertiary/aromatic N) is 1. The second-order valence-electron chi connectivity index (χ2n) is 4.76. The van der Waals surface area contributed by atoms with Crippen LogP contribution in [0.3, 0.4) is 0 Å². The number of aliphatic hydroxyl groups is 1. The van der Waals surface area contributed by atoms with Crippen LogP contribution in [-0.4, -0.2) is 29.3 Å². The average molecular weight is 231 g/mol. The quantitative estimate of drug-likeness (QED) is 0.699. The first kappa shape index (κ1) is 10.6. The summed E-state index contributed by atoms with van der Waals surface area (Å²) in [6.45, 7) is 0.786. The summed E-state index contributed by atoms with van der Waals surface area (Å²) in [5.74, 6) is 0.871. The molecule has 3 atom stereocenters. The van der Waals surface area contributed by atoms with E-state index in [0.29, 0.717) is 6.04 Å². The molecule has 4 nitrogen and oxygen atoms in total. The Kier molecular flexibility index (Phi) is 2.73. The molecular formula is C13H17N3O. The molecule has 1 aromatic rings. The van der Waals surface area contributed by atoms with Crippen LogP contribution in [0.25, 0.3) is 0 Å². The Bertz CT molecular complexity index is 418. The second kappa shape index (κ2) is 4.37. The van der Waals surface area contributed by atoms with Crippen molar-refractivity contribution in [2.75, 3.05) is 0 Å². The molecule has 3 N–H and O–H groups in total. The number of hydrogen-bond acceptors (Lipinski definition) is 4. The molecule has 90 valence electrons. The lowest BCUT2D eigenvalue weighted by atomic mass is 10.2. The van der Waals surface area contributed by atoms with Gasteiger partial charge in [-0.15, -0.1) is 0 Å². The maximum Gasteiger partial charge on any atom is 0.192 e. The summed E-state index contributed by atoms with van der Waals surface area (Å²) in [7, 11) is 0. The van der Waals surface area contributed by atoms with Crippen molar-refractivity contribution in [2.24, 2.45) is 4.99 Å². The Hall–Kier alpha value is -1.55. The van der Waals surface area contributed by atoms with E-state index in [9.17, 15) is 5.11 Å². The SMILES string of the molecule is OC1C[C@@H]2NC(NCc3ccccc3)=N[C@@H]2C1. The van der Waals surface area contributed by atoms with Gasteiger partial charge in [-0.05, 0) is 18.4 Å². The molecular weight excluding hydrogens is 214 g/mol. The summed E-state index contributed by atoms with van der Waals surface area (Å²) in [4.78, 5) is 4.55. The van der Waals surface area contributed by atoms with Gasteiger partial charge < -0.3 is 15.7 Å². The van der Waals surface area contributed by atoms with E-state index in [1.165, 1.54) is 5.56 Å². The lowest BCUT2D eigenvalue weighted by molar-refractivity contribution is 0.179. The van der Waals surface area contributed by atoms with Crippen LogP contribution in [0.2, 0.25) is 0 Å². The first-order valence-corrected chi connectivity index (χ1v) is 6.11. The molecule has 2 aliphatic rings. The van der Waals surface area contributed by atoms with Gasteiger partial charge in [0.15, 0.2) is 5.96 Å². The highest BCUT2D eigenvalue weighted by atomic mass is 16.3. The van der Waals surface area contributed by atoms with Gasteiger partial charge in [0.1, 0.15) is 0 Å². The van der Waals surface area contributed by atoms with Gasteiger partial charge in [-0.1, -0.05) is 30.3 Å². The van der Waals surface area contributed by atoms with Gasteiger partial charge >= 0.3 is 0 Å².